The van der Waals surface area contributed by atoms with Crippen LogP contribution in [0.1, 0.15) is 25.3 Å². The van der Waals surface area contributed by atoms with Crippen LogP contribution in [0.4, 0.5) is 0 Å². The summed E-state index contributed by atoms with van der Waals surface area (Å²) in [5.74, 6) is 0.913. The van der Waals surface area contributed by atoms with Gasteiger partial charge in [-0.15, -0.1) is 0 Å². The van der Waals surface area contributed by atoms with Gasteiger partial charge < -0.3 is 14.2 Å². The Morgan fingerprint density at radius 2 is 1.71 bits per heavy atom. The van der Waals surface area contributed by atoms with Crippen molar-refractivity contribution in [3.8, 4) is 5.75 Å². The summed E-state index contributed by atoms with van der Waals surface area (Å²) in [6.45, 7) is 4.95. The van der Waals surface area contributed by atoms with Gasteiger partial charge in [-0.1, -0.05) is 12.1 Å². The zero-order chi connectivity index (χ0) is 12.3. The van der Waals surface area contributed by atoms with E-state index in [9.17, 15) is 0 Å². The highest BCUT2D eigenvalue weighted by molar-refractivity contribution is 5.26. The topological polar surface area (TPSA) is 27.7 Å². The van der Waals surface area contributed by atoms with Gasteiger partial charge in [0, 0.05) is 20.3 Å². The normalized spacial score (nSPS) is 10.5. The van der Waals surface area contributed by atoms with Crippen molar-refractivity contribution in [1.82, 2.24) is 0 Å². The van der Waals surface area contributed by atoms with Gasteiger partial charge in [-0.2, -0.15) is 0 Å². The van der Waals surface area contributed by atoms with E-state index in [4.69, 9.17) is 14.2 Å². The molecule has 1 aromatic rings. The molecule has 0 spiro atoms. The Morgan fingerprint density at radius 1 is 1.00 bits per heavy atom. The highest BCUT2D eigenvalue weighted by atomic mass is 16.5. The fraction of sp³-hybridized carbons (Fsp3) is 0.571. The zero-order valence-electron chi connectivity index (χ0n) is 10.8. The van der Waals surface area contributed by atoms with E-state index in [2.05, 4.69) is 0 Å². The Balaban J connectivity index is 2.14. The van der Waals surface area contributed by atoms with E-state index in [0.29, 0.717) is 13.2 Å². The first-order valence-corrected chi connectivity index (χ1v) is 6.15. The van der Waals surface area contributed by atoms with Gasteiger partial charge in [-0.25, -0.2) is 0 Å². The van der Waals surface area contributed by atoms with Crippen molar-refractivity contribution in [2.45, 2.75) is 26.4 Å². The van der Waals surface area contributed by atoms with E-state index < -0.39 is 0 Å². The molecule has 0 saturated heterocycles. The van der Waals surface area contributed by atoms with Gasteiger partial charge >= 0.3 is 0 Å². The van der Waals surface area contributed by atoms with Crippen molar-refractivity contribution in [2.75, 3.05) is 26.9 Å². The van der Waals surface area contributed by atoms with Gasteiger partial charge in [0.1, 0.15) is 5.75 Å². The predicted molar refractivity (Wildman–Crippen MR) is 68.4 cm³/mol. The number of rotatable bonds is 9. The van der Waals surface area contributed by atoms with Crippen molar-refractivity contribution in [3.05, 3.63) is 29.8 Å². The summed E-state index contributed by atoms with van der Waals surface area (Å²) in [5, 5.41) is 0. The first-order valence-electron chi connectivity index (χ1n) is 6.15. The fourth-order valence-electron chi connectivity index (χ4n) is 1.49. The van der Waals surface area contributed by atoms with Crippen molar-refractivity contribution in [1.29, 1.82) is 0 Å². The SMILES string of the molecule is CCOc1ccc(COCCCCOC)cc1. The molecular formula is C14H22O3. The first-order chi connectivity index (χ1) is 8.36. The average molecular weight is 238 g/mol. The van der Waals surface area contributed by atoms with E-state index in [0.717, 1.165) is 31.8 Å². The second-order valence-corrected chi connectivity index (χ2v) is 3.83. The lowest BCUT2D eigenvalue weighted by molar-refractivity contribution is 0.108. The minimum Gasteiger partial charge on any atom is -0.494 e. The van der Waals surface area contributed by atoms with E-state index in [-0.39, 0.29) is 0 Å². The summed E-state index contributed by atoms with van der Waals surface area (Å²) in [6, 6.07) is 8.04. The first kappa shape index (κ1) is 14.0. The van der Waals surface area contributed by atoms with Gasteiger partial charge in [0.2, 0.25) is 0 Å². The van der Waals surface area contributed by atoms with Crippen molar-refractivity contribution < 1.29 is 14.2 Å². The molecule has 3 heteroatoms. The molecule has 96 valence electrons. The molecule has 0 bridgehead atoms. The molecule has 0 fully saturated rings. The molecule has 1 rings (SSSR count). The van der Waals surface area contributed by atoms with Crippen LogP contribution >= 0.6 is 0 Å². The van der Waals surface area contributed by atoms with Gasteiger partial charge in [0.15, 0.2) is 0 Å². The molecule has 0 aromatic heterocycles. The number of unbranched alkanes of at least 4 members (excludes halogenated alkanes) is 1. The highest BCUT2D eigenvalue weighted by Gasteiger charge is 1.95. The van der Waals surface area contributed by atoms with Crippen molar-refractivity contribution in [3.63, 3.8) is 0 Å². The second-order valence-electron chi connectivity index (χ2n) is 3.83. The summed E-state index contributed by atoms with van der Waals surface area (Å²) in [7, 11) is 1.72. The minimum absolute atomic E-state index is 0.666. The Hall–Kier alpha value is -1.06. The predicted octanol–water partition coefficient (Wildman–Crippen LogP) is 3.03. The monoisotopic (exact) mass is 238 g/mol. The molecule has 0 atom stereocenters. The molecule has 0 unspecified atom stereocenters. The maximum Gasteiger partial charge on any atom is 0.119 e. The molecule has 17 heavy (non-hydrogen) atoms. The molecule has 0 amide bonds. The van der Waals surface area contributed by atoms with Gasteiger partial charge in [-0.05, 0) is 37.5 Å². The smallest absolute Gasteiger partial charge is 0.119 e. The lowest BCUT2D eigenvalue weighted by atomic mass is 10.2. The quantitative estimate of drug-likeness (QED) is 0.619. The number of methoxy groups -OCH3 is 1. The van der Waals surface area contributed by atoms with Crippen LogP contribution in [0.2, 0.25) is 0 Å². The number of hydrogen-bond donors (Lipinski definition) is 0. The van der Waals surface area contributed by atoms with E-state index in [1.165, 1.54) is 5.56 Å². The molecule has 0 heterocycles. The summed E-state index contributed by atoms with van der Waals surface area (Å²) in [4.78, 5) is 0. The third kappa shape index (κ3) is 6.29. The molecule has 1 aromatic carbocycles. The van der Waals surface area contributed by atoms with Crippen molar-refractivity contribution >= 4 is 0 Å². The van der Waals surface area contributed by atoms with Crippen LogP contribution < -0.4 is 4.74 Å². The van der Waals surface area contributed by atoms with E-state index in [1.54, 1.807) is 7.11 Å². The van der Waals surface area contributed by atoms with Crippen LogP contribution in [-0.2, 0) is 16.1 Å². The van der Waals surface area contributed by atoms with Gasteiger partial charge in [-0.3, -0.25) is 0 Å². The Morgan fingerprint density at radius 3 is 2.35 bits per heavy atom. The lowest BCUT2D eigenvalue weighted by Crippen LogP contribution is -1.98. The number of benzene rings is 1. The standard InChI is InChI=1S/C14H22O3/c1-3-17-14-8-6-13(7-9-14)12-16-11-5-4-10-15-2/h6-9H,3-5,10-12H2,1-2H3. The van der Waals surface area contributed by atoms with Crippen molar-refractivity contribution in [2.24, 2.45) is 0 Å². The summed E-state index contributed by atoms with van der Waals surface area (Å²) >= 11 is 0. The maximum atomic E-state index is 5.57. The van der Waals surface area contributed by atoms with Crippen LogP contribution in [-0.4, -0.2) is 26.9 Å². The largest absolute Gasteiger partial charge is 0.494 e. The van der Waals surface area contributed by atoms with Gasteiger partial charge in [0.05, 0.1) is 13.2 Å². The molecule has 0 aliphatic rings. The molecule has 0 N–H and O–H groups in total. The second kappa shape index (κ2) is 9.02. The van der Waals surface area contributed by atoms with Crippen LogP contribution in [0, 0.1) is 0 Å². The van der Waals surface area contributed by atoms with Crippen LogP contribution in [0.15, 0.2) is 24.3 Å². The van der Waals surface area contributed by atoms with Crippen LogP contribution in [0.3, 0.4) is 0 Å². The molecule has 0 aliphatic carbocycles. The number of ether oxygens (including phenoxy) is 3. The molecule has 0 saturated carbocycles. The van der Waals surface area contributed by atoms with Crippen LogP contribution in [0.25, 0.3) is 0 Å². The number of hydrogen-bond acceptors (Lipinski definition) is 3. The highest BCUT2D eigenvalue weighted by Crippen LogP contribution is 2.12. The Bertz CT molecular complexity index is 282. The average Bonchev–Trinajstić information content (AvgIpc) is 2.36. The Labute approximate surface area is 104 Å². The molecule has 0 radical (unpaired) electrons. The van der Waals surface area contributed by atoms with Gasteiger partial charge in [0.25, 0.3) is 0 Å². The zero-order valence-corrected chi connectivity index (χ0v) is 10.8. The summed E-state index contributed by atoms with van der Waals surface area (Å²) in [5.41, 5.74) is 1.18. The Kier molecular flexibility index (Phi) is 7.43. The lowest BCUT2D eigenvalue weighted by Gasteiger charge is -2.06. The summed E-state index contributed by atoms with van der Waals surface area (Å²) < 4.78 is 15.9. The van der Waals surface area contributed by atoms with E-state index in [1.807, 2.05) is 31.2 Å². The summed E-state index contributed by atoms with van der Waals surface area (Å²) in [6.07, 6.45) is 2.10. The minimum atomic E-state index is 0.666. The molecule has 3 nitrogen and oxygen atoms in total. The maximum absolute atomic E-state index is 5.57. The third-order valence-electron chi connectivity index (χ3n) is 2.39. The third-order valence-corrected chi connectivity index (χ3v) is 2.39. The molecular weight excluding hydrogens is 216 g/mol. The van der Waals surface area contributed by atoms with Crippen LogP contribution in [0.5, 0.6) is 5.75 Å². The van der Waals surface area contributed by atoms with E-state index >= 15 is 0 Å². The molecule has 0 aliphatic heterocycles. The fourth-order valence-corrected chi connectivity index (χ4v) is 1.49.